The molecule has 1 aliphatic rings. The number of furan rings is 1. The highest BCUT2D eigenvalue weighted by atomic mass is 35.5. The molecule has 0 bridgehead atoms. The van der Waals surface area contributed by atoms with E-state index in [0.29, 0.717) is 29.4 Å². The highest BCUT2D eigenvalue weighted by molar-refractivity contribution is 6.30. The van der Waals surface area contributed by atoms with Crippen LogP contribution in [0, 0.1) is 0 Å². The Morgan fingerprint density at radius 3 is 2.71 bits per heavy atom. The van der Waals surface area contributed by atoms with E-state index in [1.165, 1.54) is 0 Å². The van der Waals surface area contributed by atoms with Crippen LogP contribution < -0.4 is 5.32 Å². The molecule has 1 aromatic carbocycles. The minimum atomic E-state index is -0.0812. The lowest BCUT2D eigenvalue weighted by Crippen LogP contribution is -2.38. The van der Waals surface area contributed by atoms with Crippen LogP contribution in [0.15, 0.2) is 47.1 Å². The first kappa shape index (κ1) is 19.1. The molecule has 148 valence electrons. The van der Waals surface area contributed by atoms with Crippen molar-refractivity contribution in [1.82, 2.24) is 14.8 Å². The van der Waals surface area contributed by atoms with Crippen LogP contribution in [-0.4, -0.2) is 54.8 Å². The summed E-state index contributed by atoms with van der Waals surface area (Å²) in [4.78, 5) is 15.2. The normalized spacial score (nSPS) is 15.2. The Balaban J connectivity index is 1.41. The lowest BCUT2D eigenvalue weighted by Gasteiger charge is -2.26. The summed E-state index contributed by atoms with van der Waals surface area (Å²) >= 11 is 5.98. The van der Waals surface area contributed by atoms with E-state index in [4.69, 9.17) is 20.8 Å². The highest BCUT2D eigenvalue weighted by Crippen LogP contribution is 2.23. The van der Waals surface area contributed by atoms with E-state index in [1.54, 1.807) is 6.26 Å². The summed E-state index contributed by atoms with van der Waals surface area (Å²) in [7, 11) is 0. The molecule has 0 unspecified atom stereocenters. The molecule has 1 amide bonds. The van der Waals surface area contributed by atoms with Crippen LogP contribution in [0.5, 0.6) is 0 Å². The summed E-state index contributed by atoms with van der Waals surface area (Å²) in [5.74, 6) is -0.0812. The zero-order chi connectivity index (χ0) is 19.3. The third-order valence-electron chi connectivity index (χ3n) is 5.05. The zero-order valence-electron chi connectivity index (χ0n) is 15.7. The molecule has 1 N–H and O–H groups in total. The van der Waals surface area contributed by atoms with E-state index in [1.807, 2.05) is 41.0 Å². The number of ether oxygens (including phenoxy) is 1. The Bertz CT molecular complexity index is 926. The fraction of sp³-hybridized carbons (Fsp3) is 0.381. The molecule has 2 aromatic heterocycles. The summed E-state index contributed by atoms with van der Waals surface area (Å²) in [5.41, 5.74) is 3.31. The molecule has 1 saturated heterocycles. The van der Waals surface area contributed by atoms with E-state index in [-0.39, 0.29) is 5.91 Å². The Kier molecular flexibility index (Phi) is 6.00. The number of carbonyl (C=O) groups is 1. The van der Waals surface area contributed by atoms with Gasteiger partial charge in [-0.25, -0.2) is 0 Å². The molecule has 3 aromatic rings. The molecule has 3 heterocycles. The van der Waals surface area contributed by atoms with Gasteiger partial charge in [-0.3, -0.25) is 9.69 Å². The van der Waals surface area contributed by atoms with Crippen LogP contribution in [0.25, 0.3) is 11.1 Å². The smallest absolute Gasteiger partial charge is 0.268 e. The lowest BCUT2D eigenvalue weighted by atomic mass is 10.2. The van der Waals surface area contributed by atoms with E-state index in [2.05, 4.69) is 10.2 Å². The Labute approximate surface area is 169 Å². The minimum absolute atomic E-state index is 0.0812. The molecule has 0 spiro atoms. The number of nitrogens with zero attached hydrogens (tertiary/aromatic N) is 2. The average molecular weight is 402 g/mol. The van der Waals surface area contributed by atoms with Gasteiger partial charge >= 0.3 is 0 Å². The molecule has 0 radical (unpaired) electrons. The summed E-state index contributed by atoms with van der Waals surface area (Å²) in [6.45, 7) is 5.72. The molecular weight excluding hydrogens is 378 g/mol. The second-order valence-corrected chi connectivity index (χ2v) is 7.41. The van der Waals surface area contributed by atoms with E-state index in [0.717, 1.165) is 50.3 Å². The standard InChI is InChI=1S/C21H24ClN3O3/c22-17-4-2-16(3-5-17)15-25-18-6-11-28-20(18)14-19(25)21(26)23-7-1-8-24-9-12-27-13-10-24/h2-6,11,14H,1,7-10,12-13,15H2,(H,23,26). The van der Waals surface area contributed by atoms with Crippen molar-refractivity contribution in [3.05, 3.63) is 58.9 Å². The van der Waals surface area contributed by atoms with Gasteiger partial charge in [-0.2, -0.15) is 0 Å². The molecule has 0 aliphatic carbocycles. The second-order valence-electron chi connectivity index (χ2n) is 6.98. The number of amides is 1. The van der Waals surface area contributed by atoms with Crippen molar-refractivity contribution in [1.29, 1.82) is 0 Å². The summed E-state index contributed by atoms with van der Waals surface area (Å²) in [5, 5.41) is 3.74. The van der Waals surface area contributed by atoms with Crippen molar-refractivity contribution in [2.75, 3.05) is 39.4 Å². The van der Waals surface area contributed by atoms with Crippen molar-refractivity contribution in [2.24, 2.45) is 0 Å². The average Bonchev–Trinajstić information content (AvgIpc) is 3.30. The maximum absolute atomic E-state index is 12.8. The van der Waals surface area contributed by atoms with Crippen molar-refractivity contribution in [3.63, 3.8) is 0 Å². The number of hydrogen-bond donors (Lipinski definition) is 1. The molecule has 4 rings (SSSR count). The summed E-state index contributed by atoms with van der Waals surface area (Å²) in [6, 6.07) is 11.4. The van der Waals surface area contributed by atoms with Crippen LogP contribution >= 0.6 is 11.6 Å². The quantitative estimate of drug-likeness (QED) is 0.616. The fourth-order valence-electron chi connectivity index (χ4n) is 3.53. The topological polar surface area (TPSA) is 59.6 Å². The number of rotatable bonds is 7. The van der Waals surface area contributed by atoms with Crippen LogP contribution in [0.4, 0.5) is 0 Å². The van der Waals surface area contributed by atoms with Crippen LogP contribution in [-0.2, 0) is 11.3 Å². The predicted octanol–water partition coefficient (Wildman–Crippen LogP) is 3.39. The second kappa shape index (κ2) is 8.82. The number of benzene rings is 1. The maximum Gasteiger partial charge on any atom is 0.268 e. The largest absolute Gasteiger partial charge is 0.463 e. The van der Waals surface area contributed by atoms with Crippen LogP contribution in [0.1, 0.15) is 22.5 Å². The van der Waals surface area contributed by atoms with Crippen molar-refractivity contribution >= 4 is 28.6 Å². The van der Waals surface area contributed by atoms with Gasteiger partial charge in [0, 0.05) is 43.3 Å². The predicted molar refractivity (Wildman–Crippen MR) is 109 cm³/mol. The number of halogens is 1. The van der Waals surface area contributed by atoms with Crippen molar-refractivity contribution < 1.29 is 13.9 Å². The number of morpholine rings is 1. The van der Waals surface area contributed by atoms with E-state index in [9.17, 15) is 4.79 Å². The van der Waals surface area contributed by atoms with E-state index >= 15 is 0 Å². The molecule has 1 aliphatic heterocycles. The summed E-state index contributed by atoms with van der Waals surface area (Å²) < 4.78 is 12.9. The van der Waals surface area contributed by atoms with Gasteiger partial charge < -0.3 is 19.0 Å². The van der Waals surface area contributed by atoms with Crippen molar-refractivity contribution in [3.8, 4) is 0 Å². The molecule has 0 saturated carbocycles. The zero-order valence-corrected chi connectivity index (χ0v) is 16.5. The van der Waals surface area contributed by atoms with Gasteiger partial charge in [0.2, 0.25) is 0 Å². The maximum atomic E-state index is 12.8. The van der Waals surface area contributed by atoms with Gasteiger partial charge in [0.1, 0.15) is 5.69 Å². The third kappa shape index (κ3) is 4.41. The SMILES string of the molecule is O=C(NCCCN1CCOCC1)c1cc2occc2n1Cc1ccc(Cl)cc1. The molecular formula is C21H24ClN3O3. The monoisotopic (exact) mass is 401 g/mol. The highest BCUT2D eigenvalue weighted by Gasteiger charge is 2.18. The minimum Gasteiger partial charge on any atom is -0.463 e. The Morgan fingerprint density at radius 1 is 1.14 bits per heavy atom. The third-order valence-corrected chi connectivity index (χ3v) is 5.30. The molecule has 1 fully saturated rings. The first-order valence-corrected chi connectivity index (χ1v) is 9.98. The van der Waals surface area contributed by atoms with Gasteiger partial charge in [0.05, 0.1) is 25.0 Å². The van der Waals surface area contributed by atoms with Gasteiger partial charge in [-0.1, -0.05) is 23.7 Å². The van der Waals surface area contributed by atoms with Crippen molar-refractivity contribution in [2.45, 2.75) is 13.0 Å². The number of nitrogens with one attached hydrogen (secondary N) is 1. The Morgan fingerprint density at radius 2 is 1.93 bits per heavy atom. The molecule has 7 heteroatoms. The molecule has 6 nitrogen and oxygen atoms in total. The summed E-state index contributed by atoms with van der Waals surface area (Å²) in [6.07, 6.45) is 2.56. The first-order valence-electron chi connectivity index (χ1n) is 9.60. The number of hydrogen-bond acceptors (Lipinski definition) is 4. The number of aromatic nitrogens is 1. The fourth-order valence-corrected chi connectivity index (χ4v) is 3.65. The molecule has 0 atom stereocenters. The van der Waals surface area contributed by atoms with Gasteiger partial charge in [0.15, 0.2) is 5.58 Å². The van der Waals surface area contributed by atoms with Crippen LogP contribution in [0.2, 0.25) is 5.02 Å². The van der Waals surface area contributed by atoms with Crippen LogP contribution in [0.3, 0.4) is 0 Å². The lowest BCUT2D eigenvalue weighted by molar-refractivity contribution is 0.0374. The number of fused-ring (bicyclic) bond motifs is 1. The van der Waals surface area contributed by atoms with Gasteiger partial charge in [-0.05, 0) is 30.7 Å². The van der Waals surface area contributed by atoms with Gasteiger partial charge in [0.25, 0.3) is 5.91 Å². The first-order chi connectivity index (χ1) is 13.7. The Hall–Kier alpha value is -2.28. The van der Waals surface area contributed by atoms with Gasteiger partial charge in [-0.15, -0.1) is 0 Å². The number of carbonyl (C=O) groups excluding carboxylic acids is 1. The van der Waals surface area contributed by atoms with E-state index < -0.39 is 0 Å². The molecule has 28 heavy (non-hydrogen) atoms.